The van der Waals surface area contributed by atoms with E-state index < -0.39 is 11.9 Å². The fourth-order valence-electron chi connectivity index (χ4n) is 4.46. The molecule has 1 amide bonds. The van der Waals surface area contributed by atoms with Crippen LogP contribution < -0.4 is 10.1 Å². The summed E-state index contributed by atoms with van der Waals surface area (Å²) in [6, 6.07) is 13.0. The maximum absolute atomic E-state index is 12.4. The number of aliphatic carboxylic acids is 2. The van der Waals surface area contributed by atoms with E-state index in [-0.39, 0.29) is 5.91 Å². The van der Waals surface area contributed by atoms with Gasteiger partial charge in [-0.2, -0.15) is 0 Å². The van der Waals surface area contributed by atoms with Crippen LogP contribution in [-0.4, -0.2) is 108 Å². The maximum Gasteiger partial charge on any atom is 0.414 e. The van der Waals surface area contributed by atoms with Crippen LogP contribution in [0.3, 0.4) is 0 Å². The monoisotopic (exact) mass is 650 g/mol. The molecule has 2 aliphatic rings. The highest BCUT2D eigenvalue weighted by Crippen LogP contribution is 2.28. The molecule has 0 aliphatic carbocycles. The number of anilines is 1. The number of nitrogens with zero attached hydrogens (tertiary/aromatic N) is 3. The van der Waals surface area contributed by atoms with Crippen LogP contribution in [0.25, 0.3) is 6.08 Å². The molecule has 12 heteroatoms. The molecule has 2 aliphatic heterocycles. The third kappa shape index (κ3) is 11.8. The fraction of sp³-hybridized carbons (Fsp3) is 0.414. The van der Waals surface area contributed by atoms with E-state index >= 15 is 0 Å². The largest absolute Gasteiger partial charge is 0.491 e. The number of hydrogen-bond donors (Lipinski definition) is 3. The summed E-state index contributed by atoms with van der Waals surface area (Å²) in [4.78, 5) is 38.2. The number of ether oxygens (including phenoxy) is 1. The first-order chi connectivity index (χ1) is 19.7. The number of nitrogens with one attached hydrogen (secondary N) is 1. The van der Waals surface area contributed by atoms with Crippen molar-refractivity contribution in [2.45, 2.75) is 12.8 Å². The van der Waals surface area contributed by atoms with Crippen molar-refractivity contribution < 1.29 is 29.3 Å². The molecule has 0 atom stereocenters. The van der Waals surface area contributed by atoms with E-state index in [4.69, 9.17) is 36.1 Å². The zero-order chi connectivity index (χ0) is 29.6. The molecule has 0 unspecified atom stereocenters. The molecule has 0 aromatic heterocycles. The van der Waals surface area contributed by atoms with Crippen molar-refractivity contribution in [2.75, 3.05) is 70.8 Å². The minimum atomic E-state index is -1.82. The Morgan fingerprint density at radius 2 is 1.46 bits per heavy atom. The molecule has 0 saturated carbocycles. The van der Waals surface area contributed by atoms with E-state index in [9.17, 15) is 4.79 Å². The molecule has 0 spiro atoms. The van der Waals surface area contributed by atoms with Crippen molar-refractivity contribution in [1.82, 2.24) is 14.7 Å². The van der Waals surface area contributed by atoms with Crippen LogP contribution in [0.15, 0.2) is 53.0 Å². The number of carboxylic acids is 2. The van der Waals surface area contributed by atoms with Crippen LogP contribution in [-0.2, 0) is 14.4 Å². The summed E-state index contributed by atoms with van der Waals surface area (Å²) in [5.74, 6) is -3.15. The molecule has 2 heterocycles. The highest BCUT2D eigenvalue weighted by molar-refractivity contribution is 9.10. The molecule has 2 saturated heterocycles. The number of piperazine rings is 1. The number of amides is 1. The Balaban J connectivity index is 0.000000696. The minimum Gasteiger partial charge on any atom is -0.491 e. The van der Waals surface area contributed by atoms with Gasteiger partial charge in [0.25, 0.3) is 0 Å². The van der Waals surface area contributed by atoms with Crippen LogP contribution in [0, 0.1) is 0 Å². The van der Waals surface area contributed by atoms with Gasteiger partial charge in [-0.1, -0.05) is 29.8 Å². The predicted molar refractivity (Wildman–Crippen MR) is 163 cm³/mol. The number of benzene rings is 2. The molecule has 0 bridgehead atoms. The standard InChI is InChI=1S/C27H34BrClN4O2.C2H2O4/c28-24-9-8-23(30-27(34)10-7-22-5-1-2-6-25(22)29)21-26(24)35-20-19-33-17-15-32(16-18-33)14-13-31-11-3-4-12-31;3-1(4)2(5)6/h1-2,5-10,21H,3-4,11-20H2,(H,30,34);(H,3,4)(H,5,6)/b10-7+;. The van der Waals surface area contributed by atoms with Gasteiger partial charge in [-0.15, -0.1) is 0 Å². The molecule has 2 aromatic carbocycles. The molecular formula is C29H36BrClN4O6. The first kappa shape index (κ1) is 32.6. The van der Waals surface area contributed by atoms with Gasteiger partial charge in [-0.25, -0.2) is 9.59 Å². The summed E-state index contributed by atoms with van der Waals surface area (Å²) in [5, 5.41) is 18.3. The van der Waals surface area contributed by atoms with Gasteiger partial charge in [0, 0.05) is 68.7 Å². The second kappa shape index (κ2) is 17.1. The lowest BCUT2D eigenvalue weighted by atomic mass is 10.2. The highest BCUT2D eigenvalue weighted by atomic mass is 79.9. The molecule has 2 aromatic rings. The molecule has 2 fully saturated rings. The van der Waals surface area contributed by atoms with Crippen molar-refractivity contribution in [1.29, 1.82) is 0 Å². The average molecular weight is 652 g/mol. The lowest BCUT2D eigenvalue weighted by molar-refractivity contribution is -0.159. The van der Waals surface area contributed by atoms with Gasteiger partial charge < -0.3 is 25.2 Å². The Kier molecular flexibility index (Phi) is 13.6. The first-order valence-corrected chi connectivity index (χ1v) is 14.7. The van der Waals surface area contributed by atoms with Gasteiger partial charge in [0.1, 0.15) is 12.4 Å². The van der Waals surface area contributed by atoms with E-state index in [0.717, 1.165) is 48.5 Å². The number of carbonyl (C=O) groups is 3. The first-order valence-electron chi connectivity index (χ1n) is 13.5. The van der Waals surface area contributed by atoms with E-state index in [1.54, 1.807) is 12.1 Å². The summed E-state index contributed by atoms with van der Waals surface area (Å²) in [6.45, 7) is 10.9. The van der Waals surface area contributed by atoms with Crippen LogP contribution in [0.2, 0.25) is 5.02 Å². The van der Waals surface area contributed by atoms with Crippen LogP contribution in [0.1, 0.15) is 18.4 Å². The van der Waals surface area contributed by atoms with Crippen molar-refractivity contribution in [3.63, 3.8) is 0 Å². The van der Waals surface area contributed by atoms with Crippen LogP contribution in [0.5, 0.6) is 5.75 Å². The molecule has 222 valence electrons. The lowest BCUT2D eigenvalue weighted by Crippen LogP contribution is -2.49. The molecule has 3 N–H and O–H groups in total. The van der Waals surface area contributed by atoms with Crippen molar-refractivity contribution in [3.05, 3.63) is 63.6 Å². The van der Waals surface area contributed by atoms with E-state index in [0.29, 0.717) is 17.3 Å². The third-order valence-electron chi connectivity index (χ3n) is 6.76. The number of halogens is 2. The summed E-state index contributed by atoms with van der Waals surface area (Å²) in [7, 11) is 0. The number of likely N-dealkylation sites (tertiary alicyclic amines) is 1. The zero-order valence-electron chi connectivity index (χ0n) is 22.8. The number of hydrogen-bond acceptors (Lipinski definition) is 7. The molecular weight excluding hydrogens is 616 g/mol. The van der Waals surface area contributed by atoms with Gasteiger partial charge in [0.15, 0.2) is 0 Å². The Labute approximate surface area is 253 Å². The SMILES string of the molecule is O=C(/C=C/c1ccccc1Cl)Nc1ccc(Br)c(OCCN2CCN(CCN3CCCC3)CC2)c1.O=C(O)C(=O)O. The van der Waals surface area contributed by atoms with Crippen molar-refractivity contribution in [2.24, 2.45) is 0 Å². The topological polar surface area (TPSA) is 123 Å². The van der Waals surface area contributed by atoms with Gasteiger partial charge in [0.2, 0.25) is 5.91 Å². The summed E-state index contributed by atoms with van der Waals surface area (Å²) < 4.78 is 6.92. The quantitative estimate of drug-likeness (QED) is 0.259. The van der Waals surface area contributed by atoms with Crippen molar-refractivity contribution >= 4 is 57.1 Å². The normalized spacial score (nSPS) is 16.2. The number of carboxylic acid groups (broad SMARTS) is 2. The summed E-state index contributed by atoms with van der Waals surface area (Å²) in [5.41, 5.74) is 1.49. The fourth-order valence-corrected chi connectivity index (χ4v) is 5.02. The van der Waals surface area contributed by atoms with Gasteiger partial charge in [-0.3, -0.25) is 14.6 Å². The average Bonchev–Trinajstić information content (AvgIpc) is 3.48. The molecule has 0 radical (unpaired) electrons. The molecule has 4 rings (SSSR count). The summed E-state index contributed by atoms with van der Waals surface area (Å²) >= 11 is 9.70. The number of rotatable bonds is 10. The second-order valence-corrected chi connectivity index (χ2v) is 10.9. The van der Waals surface area contributed by atoms with Crippen molar-refractivity contribution in [3.8, 4) is 5.75 Å². The summed E-state index contributed by atoms with van der Waals surface area (Å²) in [6.07, 6.45) is 5.91. The Morgan fingerprint density at radius 3 is 2.07 bits per heavy atom. The second-order valence-electron chi connectivity index (χ2n) is 9.68. The van der Waals surface area contributed by atoms with Gasteiger partial charge >= 0.3 is 11.9 Å². The molecule has 10 nitrogen and oxygen atoms in total. The van der Waals surface area contributed by atoms with Crippen LogP contribution in [0.4, 0.5) is 5.69 Å². The molecule has 41 heavy (non-hydrogen) atoms. The number of carbonyl (C=O) groups excluding carboxylic acids is 1. The highest BCUT2D eigenvalue weighted by Gasteiger charge is 2.18. The zero-order valence-corrected chi connectivity index (χ0v) is 25.1. The van der Waals surface area contributed by atoms with E-state index in [1.807, 2.05) is 36.4 Å². The predicted octanol–water partition coefficient (Wildman–Crippen LogP) is 4.00. The Hall–Kier alpha value is -2.96. The van der Waals surface area contributed by atoms with Gasteiger partial charge in [0.05, 0.1) is 4.47 Å². The third-order valence-corrected chi connectivity index (χ3v) is 7.76. The lowest BCUT2D eigenvalue weighted by Gasteiger charge is -2.35. The van der Waals surface area contributed by atoms with E-state index in [1.165, 1.54) is 45.1 Å². The Bertz CT molecular complexity index is 1190. The smallest absolute Gasteiger partial charge is 0.414 e. The van der Waals surface area contributed by atoms with Gasteiger partial charge in [-0.05, 0) is 71.7 Å². The maximum atomic E-state index is 12.4. The van der Waals surface area contributed by atoms with Crippen LogP contribution >= 0.6 is 27.5 Å². The Morgan fingerprint density at radius 1 is 0.878 bits per heavy atom. The minimum absolute atomic E-state index is 0.221. The van der Waals surface area contributed by atoms with E-state index in [2.05, 4.69) is 35.9 Å².